The molecule has 0 aliphatic heterocycles. The van der Waals surface area contributed by atoms with Crippen LogP contribution in [0, 0.1) is 20.3 Å². The van der Waals surface area contributed by atoms with Crippen molar-refractivity contribution in [2.45, 2.75) is 27.3 Å². The Morgan fingerprint density at radius 3 is 2.48 bits per heavy atom. The van der Waals surface area contributed by atoms with Crippen LogP contribution in [0.5, 0.6) is 5.75 Å². The van der Waals surface area contributed by atoms with Crippen LogP contribution < -0.4 is 4.74 Å². The summed E-state index contributed by atoms with van der Waals surface area (Å²) in [5.74, 6) is 0.211. The third-order valence-electron chi connectivity index (χ3n) is 3.39. The Morgan fingerprint density at radius 2 is 1.93 bits per heavy atom. The van der Waals surface area contributed by atoms with Gasteiger partial charge in [0.2, 0.25) is 0 Å². The minimum absolute atomic E-state index is 0. The number of ether oxygens (including phenoxy) is 2. The first kappa shape index (κ1) is 26.4. The van der Waals surface area contributed by atoms with E-state index in [2.05, 4.69) is 6.58 Å². The van der Waals surface area contributed by atoms with Crippen LogP contribution in [0.4, 0.5) is 0 Å². The Labute approximate surface area is 186 Å². The van der Waals surface area contributed by atoms with Gasteiger partial charge >= 0.3 is 13.6 Å². The van der Waals surface area contributed by atoms with Gasteiger partial charge < -0.3 is 19.3 Å². The number of benzene rings is 1. The summed E-state index contributed by atoms with van der Waals surface area (Å²) in [6.07, 6.45) is 1.35. The molecule has 0 heterocycles. The van der Waals surface area contributed by atoms with Crippen molar-refractivity contribution in [3.63, 3.8) is 0 Å². The molecular weight excluding hydrogens is 446 g/mol. The number of hydrogen-bond acceptors (Lipinski definition) is 5. The molecule has 7 nitrogen and oxygen atoms in total. The molecule has 0 bridgehead atoms. The first-order chi connectivity index (χ1) is 12.0. The van der Waals surface area contributed by atoms with Crippen molar-refractivity contribution in [2.24, 2.45) is 0 Å². The van der Waals surface area contributed by atoms with E-state index in [9.17, 15) is 9.36 Å². The summed E-state index contributed by atoms with van der Waals surface area (Å²) in [7, 11) is -2.48. The summed E-state index contributed by atoms with van der Waals surface area (Å²) in [6.45, 7) is 9.64. The van der Waals surface area contributed by atoms with E-state index < -0.39 is 13.6 Å². The molecule has 1 radical (unpaired) electrons. The molecule has 0 saturated heterocycles. The van der Waals surface area contributed by atoms with Crippen LogP contribution in [-0.4, -0.2) is 47.2 Å². The second kappa shape index (κ2) is 12.1. The molecule has 2 N–H and O–H groups in total. The molecule has 1 aromatic carbocycles. The molecule has 0 aliphatic rings. The molecule has 0 atom stereocenters. The van der Waals surface area contributed by atoms with E-state index in [-0.39, 0.29) is 52.2 Å². The minimum atomic E-state index is -4.12. The summed E-state index contributed by atoms with van der Waals surface area (Å²) in [5, 5.41) is 0. The summed E-state index contributed by atoms with van der Waals surface area (Å²) in [5.41, 5.74) is 3.14. The minimum Gasteiger partial charge on any atom is -0.524 e. The zero-order valence-corrected chi connectivity index (χ0v) is 20.0. The molecule has 0 amide bonds. The van der Waals surface area contributed by atoms with Crippen molar-refractivity contribution >= 4 is 13.6 Å². The maximum absolute atomic E-state index is 11.3. The maximum atomic E-state index is 11.3. The average Bonchev–Trinajstić information content (AvgIpc) is 2.46. The molecular formula is C18H27NO6PY-. The fourth-order valence-corrected chi connectivity index (χ4v) is 3.20. The summed E-state index contributed by atoms with van der Waals surface area (Å²) in [6, 6.07) is 3.91. The maximum Gasteiger partial charge on any atom is 0.339 e. The van der Waals surface area contributed by atoms with Gasteiger partial charge in [-0.1, -0.05) is 24.3 Å². The van der Waals surface area contributed by atoms with E-state index in [4.69, 9.17) is 19.3 Å². The van der Waals surface area contributed by atoms with Gasteiger partial charge in [-0.2, -0.15) is 0 Å². The van der Waals surface area contributed by atoms with Crippen molar-refractivity contribution in [1.82, 2.24) is 4.90 Å². The van der Waals surface area contributed by atoms with Gasteiger partial charge in [0.25, 0.3) is 0 Å². The second-order valence-corrected chi connectivity index (χ2v) is 7.98. The van der Waals surface area contributed by atoms with Gasteiger partial charge in [0.1, 0.15) is 12.0 Å². The zero-order valence-electron chi connectivity index (χ0n) is 16.3. The van der Waals surface area contributed by atoms with Crippen LogP contribution in [0.1, 0.15) is 23.6 Å². The fraction of sp³-hybridized carbons (Fsp3) is 0.444. The van der Waals surface area contributed by atoms with Gasteiger partial charge in [-0.15, -0.1) is 0 Å². The molecule has 9 heteroatoms. The predicted octanol–water partition coefficient (Wildman–Crippen LogP) is 2.57. The van der Waals surface area contributed by atoms with E-state index >= 15 is 0 Å². The Hall–Kier alpha value is -0.556. The summed E-state index contributed by atoms with van der Waals surface area (Å²) < 4.78 is 21.9. The smallest absolute Gasteiger partial charge is 0.339 e. The first-order valence-electron chi connectivity index (χ1n) is 8.10. The van der Waals surface area contributed by atoms with Crippen LogP contribution in [0.25, 0.3) is 0 Å². The van der Waals surface area contributed by atoms with Crippen LogP contribution in [0.3, 0.4) is 0 Å². The SMILES string of the molecule is C=C(C)C(=O)OC[CH-]COc1c(C)cc(C)cc1CN(C)CP(=O)(O)O.[Y]. The summed E-state index contributed by atoms with van der Waals surface area (Å²) in [4.78, 5) is 31.1. The quantitative estimate of drug-likeness (QED) is 0.177. The Balaban J connectivity index is 0.00000676. The second-order valence-electron chi connectivity index (χ2n) is 6.37. The van der Waals surface area contributed by atoms with Crippen LogP contribution in [0.15, 0.2) is 24.3 Å². The molecule has 1 rings (SSSR count). The third-order valence-corrected chi connectivity index (χ3v) is 4.24. The number of carbonyl (C=O) groups is 1. The normalized spacial score (nSPS) is 11.1. The van der Waals surface area contributed by atoms with Gasteiger partial charge in [0, 0.05) is 50.4 Å². The van der Waals surface area contributed by atoms with Gasteiger partial charge in [-0.05, 0) is 46.6 Å². The van der Waals surface area contributed by atoms with E-state index in [1.165, 1.54) is 0 Å². The molecule has 0 unspecified atom stereocenters. The van der Waals surface area contributed by atoms with Crippen molar-refractivity contribution in [1.29, 1.82) is 0 Å². The van der Waals surface area contributed by atoms with Crippen molar-refractivity contribution in [3.05, 3.63) is 47.4 Å². The van der Waals surface area contributed by atoms with Gasteiger partial charge in [-0.25, -0.2) is 4.79 Å². The molecule has 149 valence electrons. The van der Waals surface area contributed by atoms with Crippen LogP contribution >= 0.6 is 7.60 Å². The van der Waals surface area contributed by atoms with Crippen molar-refractivity contribution in [2.75, 3.05) is 26.5 Å². The van der Waals surface area contributed by atoms with E-state index in [1.54, 1.807) is 25.3 Å². The number of rotatable bonds is 10. The molecule has 27 heavy (non-hydrogen) atoms. The van der Waals surface area contributed by atoms with Crippen LogP contribution in [-0.2, 0) is 53.4 Å². The zero-order chi connectivity index (χ0) is 19.9. The van der Waals surface area contributed by atoms with Crippen LogP contribution in [0.2, 0.25) is 0 Å². The number of hydrogen-bond donors (Lipinski definition) is 2. The largest absolute Gasteiger partial charge is 0.524 e. The van der Waals surface area contributed by atoms with E-state index in [1.807, 2.05) is 26.0 Å². The predicted molar refractivity (Wildman–Crippen MR) is 99.9 cm³/mol. The Bertz CT molecular complexity index is 703. The van der Waals surface area contributed by atoms with Gasteiger partial charge in [0.15, 0.2) is 0 Å². The molecule has 0 saturated carbocycles. The average molecular weight is 473 g/mol. The van der Waals surface area contributed by atoms with E-state index in [0.717, 1.165) is 16.7 Å². The fourth-order valence-electron chi connectivity index (χ4n) is 2.47. The monoisotopic (exact) mass is 473 g/mol. The number of nitrogens with zero attached hydrogens (tertiary/aromatic N) is 1. The van der Waals surface area contributed by atoms with Crippen molar-refractivity contribution < 1.29 is 61.3 Å². The molecule has 0 aliphatic carbocycles. The standard InChI is InChI=1S/C18H27NO6P.Y/c1-13(2)18(20)25-8-6-7-24-17-15(4)9-14(3)10-16(17)11-19(5)12-26(21,22)23;/h6,9-10H,1,7-8,11-12H2,2-5H3,(H2,21,22,23);/q-1;. The van der Waals surface area contributed by atoms with E-state index in [0.29, 0.717) is 17.9 Å². The molecule has 0 fully saturated rings. The molecule has 0 aromatic heterocycles. The number of aryl methyl sites for hydroxylation is 2. The third kappa shape index (κ3) is 10.5. The van der Waals surface area contributed by atoms with Gasteiger partial charge in [-0.3, -0.25) is 15.9 Å². The van der Waals surface area contributed by atoms with Gasteiger partial charge in [0.05, 0.1) is 0 Å². The Kier molecular flexibility index (Phi) is 11.9. The Morgan fingerprint density at radius 1 is 1.30 bits per heavy atom. The topological polar surface area (TPSA) is 96.3 Å². The molecule has 0 spiro atoms. The number of esters is 1. The first-order valence-corrected chi connectivity index (χ1v) is 9.89. The summed E-state index contributed by atoms with van der Waals surface area (Å²) >= 11 is 0. The number of carbonyl (C=O) groups excluding carboxylic acids is 1. The molecule has 1 aromatic rings. The van der Waals surface area contributed by atoms with Crippen molar-refractivity contribution in [3.8, 4) is 5.75 Å².